The van der Waals surface area contributed by atoms with E-state index in [1.807, 2.05) is 0 Å². The second kappa shape index (κ2) is 11.3. The van der Waals surface area contributed by atoms with Crippen molar-refractivity contribution in [2.75, 3.05) is 20.6 Å². The van der Waals surface area contributed by atoms with E-state index < -0.39 is 0 Å². The maximum Gasteiger partial charge on any atom is 0.243 e. The van der Waals surface area contributed by atoms with Crippen LogP contribution in [0.4, 0.5) is 0 Å². The zero-order valence-corrected chi connectivity index (χ0v) is 15.1. The minimum Gasteiger partial charge on any atom is -0.370 e. The highest BCUT2D eigenvalue weighted by Gasteiger charge is 2.05. The summed E-state index contributed by atoms with van der Waals surface area (Å²) in [5.41, 5.74) is 5.72. The highest BCUT2D eigenvalue weighted by atomic mass is 127. The van der Waals surface area contributed by atoms with Crippen LogP contribution in [0.2, 0.25) is 0 Å². The summed E-state index contributed by atoms with van der Waals surface area (Å²) in [6, 6.07) is 0.293. The smallest absolute Gasteiger partial charge is 0.243 e. The normalized spacial score (nSPS) is 12.8. The van der Waals surface area contributed by atoms with E-state index >= 15 is 0 Å². The molecule has 1 atom stereocenters. The molecule has 0 saturated carbocycles. The molecule has 114 valence electrons. The molecule has 1 amide bonds. The van der Waals surface area contributed by atoms with Gasteiger partial charge >= 0.3 is 0 Å². The van der Waals surface area contributed by atoms with Gasteiger partial charge in [0.2, 0.25) is 5.91 Å². The molecule has 0 heterocycles. The largest absolute Gasteiger partial charge is 0.370 e. The van der Waals surface area contributed by atoms with Crippen LogP contribution in [0.3, 0.4) is 0 Å². The number of carbonyl (C=O) groups excluding carboxylic acids is 1. The molecular weight excluding hydrogens is 355 g/mol. The monoisotopic (exact) mass is 384 g/mol. The highest BCUT2D eigenvalue weighted by Crippen LogP contribution is 2.07. The van der Waals surface area contributed by atoms with Crippen LogP contribution in [0.15, 0.2) is 4.99 Å². The number of halogens is 1. The summed E-state index contributed by atoms with van der Waals surface area (Å²) in [4.78, 5) is 16.8. The molecule has 0 aromatic rings. The first-order valence-electron chi connectivity index (χ1n) is 6.59. The standard InChI is InChI=1S/C13H28N4O.HI/c1-10(2)7-6-8-11(3)16-13(14)15-9-12(18)17(4)5;/h10-11H,6-9H2,1-5H3,(H3,14,15,16);1H. The summed E-state index contributed by atoms with van der Waals surface area (Å²) < 4.78 is 0. The molecule has 6 heteroatoms. The second-order valence-electron chi connectivity index (χ2n) is 5.36. The van der Waals surface area contributed by atoms with Crippen molar-refractivity contribution in [2.24, 2.45) is 16.6 Å². The number of hydrogen-bond donors (Lipinski definition) is 2. The van der Waals surface area contributed by atoms with Crippen LogP contribution in [0.25, 0.3) is 0 Å². The van der Waals surface area contributed by atoms with E-state index in [1.54, 1.807) is 14.1 Å². The second-order valence-corrected chi connectivity index (χ2v) is 5.36. The van der Waals surface area contributed by atoms with Gasteiger partial charge in [-0.05, 0) is 19.3 Å². The molecule has 0 aromatic carbocycles. The van der Waals surface area contributed by atoms with Gasteiger partial charge in [-0.3, -0.25) is 4.79 Å². The zero-order valence-electron chi connectivity index (χ0n) is 12.8. The van der Waals surface area contributed by atoms with Gasteiger partial charge < -0.3 is 16.0 Å². The Labute approximate surface area is 134 Å². The predicted molar refractivity (Wildman–Crippen MR) is 91.9 cm³/mol. The number of carbonyl (C=O) groups is 1. The van der Waals surface area contributed by atoms with Crippen LogP contribution in [-0.4, -0.2) is 43.4 Å². The fourth-order valence-corrected chi connectivity index (χ4v) is 1.50. The number of rotatable bonds is 7. The highest BCUT2D eigenvalue weighted by molar-refractivity contribution is 14.0. The number of nitrogens with one attached hydrogen (secondary N) is 1. The number of hydrogen-bond acceptors (Lipinski definition) is 2. The minimum atomic E-state index is -0.0489. The lowest BCUT2D eigenvalue weighted by molar-refractivity contribution is -0.127. The molecule has 0 bridgehead atoms. The molecule has 0 rings (SSSR count). The molecule has 0 saturated heterocycles. The van der Waals surface area contributed by atoms with Gasteiger partial charge in [-0.2, -0.15) is 0 Å². The van der Waals surface area contributed by atoms with Gasteiger partial charge in [0.25, 0.3) is 0 Å². The summed E-state index contributed by atoms with van der Waals surface area (Å²) in [5, 5.41) is 3.10. The number of nitrogens with two attached hydrogens (primary N) is 1. The predicted octanol–water partition coefficient (Wildman–Crippen LogP) is 1.81. The fraction of sp³-hybridized carbons (Fsp3) is 0.846. The third kappa shape index (κ3) is 12.3. The number of guanidine groups is 1. The van der Waals surface area contributed by atoms with Crippen molar-refractivity contribution < 1.29 is 4.79 Å². The van der Waals surface area contributed by atoms with Crippen molar-refractivity contribution in [3.63, 3.8) is 0 Å². The molecule has 0 aromatic heterocycles. The molecular formula is C13H29IN4O. The average Bonchev–Trinajstić information content (AvgIpc) is 2.24. The van der Waals surface area contributed by atoms with Crippen LogP contribution >= 0.6 is 24.0 Å². The van der Waals surface area contributed by atoms with Crippen molar-refractivity contribution >= 4 is 35.8 Å². The number of aliphatic imine (C=N–C) groups is 1. The lowest BCUT2D eigenvalue weighted by atomic mass is 10.0. The van der Waals surface area contributed by atoms with Gasteiger partial charge in [-0.15, -0.1) is 24.0 Å². The Kier molecular flexibility index (Phi) is 12.4. The molecule has 1 unspecified atom stereocenters. The topological polar surface area (TPSA) is 70.7 Å². The van der Waals surface area contributed by atoms with Gasteiger partial charge in [-0.1, -0.05) is 26.7 Å². The molecule has 0 radical (unpaired) electrons. The summed E-state index contributed by atoms with van der Waals surface area (Å²) in [7, 11) is 3.41. The minimum absolute atomic E-state index is 0. The zero-order chi connectivity index (χ0) is 14.1. The SMILES string of the molecule is CC(C)CCCC(C)NC(N)=NCC(=O)N(C)C.I. The van der Waals surface area contributed by atoms with Crippen molar-refractivity contribution in [3.05, 3.63) is 0 Å². The molecule has 0 fully saturated rings. The van der Waals surface area contributed by atoms with Crippen LogP contribution in [0.1, 0.15) is 40.0 Å². The summed E-state index contributed by atoms with van der Waals surface area (Å²) in [6.45, 7) is 6.63. The van der Waals surface area contributed by atoms with Crippen LogP contribution in [0, 0.1) is 5.92 Å². The number of likely N-dealkylation sites (N-methyl/N-ethyl adjacent to an activating group) is 1. The Balaban J connectivity index is 0. The molecule has 0 aliphatic heterocycles. The van der Waals surface area contributed by atoms with Gasteiger partial charge in [0.1, 0.15) is 6.54 Å². The van der Waals surface area contributed by atoms with Crippen molar-refractivity contribution in [2.45, 2.75) is 46.1 Å². The van der Waals surface area contributed by atoms with Crippen molar-refractivity contribution in [3.8, 4) is 0 Å². The molecule has 3 N–H and O–H groups in total. The Morgan fingerprint density at radius 2 is 1.84 bits per heavy atom. The Bertz CT molecular complexity index is 280. The molecule has 19 heavy (non-hydrogen) atoms. The Morgan fingerprint density at radius 1 is 1.26 bits per heavy atom. The third-order valence-corrected chi connectivity index (χ3v) is 2.70. The number of nitrogens with zero attached hydrogens (tertiary/aromatic N) is 2. The van der Waals surface area contributed by atoms with E-state index in [9.17, 15) is 4.79 Å². The maximum absolute atomic E-state index is 11.3. The summed E-state index contributed by atoms with van der Waals surface area (Å²) >= 11 is 0. The number of amides is 1. The lowest BCUT2D eigenvalue weighted by Crippen LogP contribution is -2.39. The van der Waals surface area contributed by atoms with E-state index in [2.05, 4.69) is 31.1 Å². The van der Waals surface area contributed by atoms with E-state index in [1.165, 1.54) is 17.7 Å². The molecule has 0 aliphatic rings. The van der Waals surface area contributed by atoms with E-state index in [-0.39, 0.29) is 36.4 Å². The van der Waals surface area contributed by atoms with Crippen molar-refractivity contribution in [1.82, 2.24) is 10.2 Å². The third-order valence-electron chi connectivity index (χ3n) is 2.70. The maximum atomic E-state index is 11.3. The molecule has 0 aliphatic carbocycles. The lowest BCUT2D eigenvalue weighted by Gasteiger charge is -2.15. The van der Waals surface area contributed by atoms with Crippen LogP contribution < -0.4 is 11.1 Å². The Morgan fingerprint density at radius 3 is 2.32 bits per heavy atom. The first kappa shape index (κ1) is 20.8. The van der Waals surface area contributed by atoms with Crippen LogP contribution in [-0.2, 0) is 4.79 Å². The summed E-state index contributed by atoms with van der Waals surface area (Å²) in [5.74, 6) is 1.04. The fourth-order valence-electron chi connectivity index (χ4n) is 1.50. The average molecular weight is 384 g/mol. The van der Waals surface area contributed by atoms with E-state index in [4.69, 9.17) is 5.73 Å². The first-order chi connectivity index (χ1) is 8.32. The van der Waals surface area contributed by atoms with Gasteiger partial charge in [-0.25, -0.2) is 4.99 Å². The quantitative estimate of drug-likeness (QED) is 0.400. The van der Waals surface area contributed by atoms with Crippen LogP contribution in [0.5, 0.6) is 0 Å². The van der Waals surface area contributed by atoms with Gasteiger partial charge in [0, 0.05) is 20.1 Å². The molecule has 0 spiro atoms. The van der Waals surface area contributed by atoms with E-state index in [0.29, 0.717) is 12.0 Å². The Hall–Kier alpha value is -0.530. The van der Waals surface area contributed by atoms with Gasteiger partial charge in [0.05, 0.1) is 0 Å². The molecule has 5 nitrogen and oxygen atoms in total. The van der Waals surface area contributed by atoms with Crippen molar-refractivity contribution in [1.29, 1.82) is 0 Å². The summed E-state index contributed by atoms with van der Waals surface area (Å²) in [6.07, 6.45) is 3.47. The van der Waals surface area contributed by atoms with E-state index in [0.717, 1.165) is 12.3 Å². The van der Waals surface area contributed by atoms with Gasteiger partial charge in [0.15, 0.2) is 5.96 Å². The first-order valence-corrected chi connectivity index (χ1v) is 6.59.